The molecule has 0 saturated heterocycles. The van der Waals surface area contributed by atoms with Gasteiger partial charge in [0, 0.05) is 5.69 Å². The number of aryl methyl sites for hydroxylation is 1. The van der Waals surface area contributed by atoms with Crippen molar-refractivity contribution in [2.24, 2.45) is 10.7 Å². The van der Waals surface area contributed by atoms with Crippen LogP contribution in [-0.2, 0) is 6.54 Å². The molecule has 0 spiro atoms. The van der Waals surface area contributed by atoms with Crippen LogP contribution in [0, 0.1) is 6.92 Å². The largest absolute Gasteiger partial charge is 0.467 e. The lowest BCUT2D eigenvalue weighted by Gasteiger charge is -2.05. The van der Waals surface area contributed by atoms with E-state index in [1.807, 2.05) is 43.3 Å². The minimum atomic E-state index is 0.380. The third-order valence-corrected chi connectivity index (χ3v) is 2.31. The van der Waals surface area contributed by atoms with E-state index in [9.17, 15) is 0 Å². The number of anilines is 1. The predicted molar refractivity (Wildman–Crippen MR) is 68.8 cm³/mol. The standard InChI is InChI=1S/C13H15N3O/c1-10-4-6-11(7-5-10)16-13(14)15-9-12-3-2-8-17-12/h2-8H,9H2,1H3,(H3,14,15,16). The Labute approximate surface area is 100 Å². The van der Waals surface area contributed by atoms with Crippen LogP contribution in [0.15, 0.2) is 52.1 Å². The molecule has 2 aromatic rings. The minimum Gasteiger partial charge on any atom is -0.467 e. The zero-order valence-corrected chi connectivity index (χ0v) is 9.68. The van der Waals surface area contributed by atoms with Gasteiger partial charge in [-0.15, -0.1) is 0 Å². The lowest BCUT2D eigenvalue weighted by atomic mass is 10.2. The van der Waals surface area contributed by atoms with E-state index in [1.54, 1.807) is 6.26 Å². The highest BCUT2D eigenvalue weighted by Crippen LogP contribution is 2.08. The Balaban J connectivity index is 1.94. The zero-order valence-electron chi connectivity index (χ0n) is 9.68. The van der Waals surface area contributed by atoms with E-state index in [2.05, 4.69) is 10.3 Å². The molecule has 2 rings (SSSR count). The molecule has 0 aliphatic rings. The van der Waals surface area contributed by atoms with Crippen LogP contribution in [0.1, 0.15) is 11.3 Å². The number of nitrogens with two attached hydrogens (primary N) is 1. The fourth-order valence-electron chi connectivity index (χ4n) is 1.39. The smallest absolute Gasteiger partial charge is 0.193 e. The molecule has 0 saturated carbocycles. The normalized spacial score (nSPS) is 11.5. The minimum absolute atomic E-state index is 0.380. The lowest BCUT2D eigenvalue weighted by Crippen LogP contribution is -2.22. The van der Waals surface area contributed by atoms with Crippen molar-refractivity contribution in [3.8, 4) is 0 Å². The van der Waals surface area contributed by atoms with Crippen LogP contribution in [-0.4, -0.2) is 5.96 Å². The van der Waals surface area contributed by atoms with Crippen molar-refractivity contribution in [1.29, 1.82) is 0 Å². The van der Waals surface area contributed by atoms with Gasteiger partial charge in [-0.2, -0.15) is 0 Å². The molecule has 0 fully saturated rings. The number of nitrogens with one attached hydrogen (secondary N) is 1. The summed E-state index contributed by atoms with van der Waals surface area (Å²) in [6.45, 7) is 2.48. The van der Waals surface area contributed by atoms with E-state index in [0.29, 0.717) is 12.5 Å². The van der Waals surface area contributed by atoms with Gasteiger partial charge in [-0.1, -0.05) is 17.7 Å². The van der Waals surface area contributed by atoms with Crippen molar-refractivity contribution in [3.63, 3.8) is 0 Å². The van der Waals surface area contributed by atoms with Crippen LogP contribution in [0.2, 0.25) is 0 Å². The van der Waals surface area contributed by atoms with Crippen molar-refractivity contribution < 1.29 is 4.42 Å². The number of guanidine groups is 1. The summed E-state index contributed by atoms with van der Waals surface area (Å²) in [5.41, 5.74) is 7.89. The van der Waals surface area contributed by atoms with Crippen molar-refractivity contribution in [1.82, 2.24) is 0 Å². The van der Waals surface area contributed by atoms with Crippen molar-refractivity contribution in [3.05, 3.63) is 54.0 Å². The summed E-state index contributed by atoms with van der Waals surface area (Å²) in [4.78, 5) is 4.17. The van der Waals surface area contributed by atoms with Crippen LogP contribution in [0.25, 0.3) is 0 Å². The van der Waals surface area contributed by atoms with E-state index in [4.69, 9.17) is 10.2 Å². The quantitative estimate of drug-likeness (QED) is 0.628. The molecule has 17 heavy (non-hydrogen) atoms. The fourth-order valence-corrected chi connectivity index (χ4v) is 1.39. The molecular formula is C13H15N3O. The Kier molecular flexibility index (Phi) is 3.45. The summed E-state index contributed by atoms with van der Waals surface area (Å²) in [6.07, 6.45) is 1.62. The van der Waals surface area contributed by atoms with Gasteiger partial charge in [-0.3, -0.25) is 0 Å². The molecule has 1 aromatic carbocycles. The lowest BCUT2D eigenvalue weighted by molar-refractivity contribution is 0.513. The number of hydrogen-bond donors (Lipinski definition) is 2. The summed E-state index contributed by atoms with van der Waals surface area (Å²) < 4.78 is 5.16. The molecule has 0 aliphatic carbocycles. The third kappa shape index (κ3) is 3.38. The molecule has 4 nitrogen and oxygen atoms in total. The van der Waals surface area contributed by atoms with Gasteiger partial charge in [0.15, 0.2) is 5.96 Å². The summed E-state index contributed by atoms with van der Waals surface area (Å²) in [6, 6.07) is 11.6. The molecule has 0 radical (unpaired) electrons. The number of aliphatic imine (C=N–C) groups is 1. The second-order valence-corrected chi connectivity index (χ2v) is 3.77. The maximum absolute atomic E-state index is 5.76. The number of nitrogens with zero attached hydrogens (tertiary/aromatic N) is 1. The van der Waals surface area contributed by atoms with Crippen molar-refractivity contribution >= 4 is 11.6 Å². The number of benzene rings is 1. The SMILES string of the molecule is Cc1ccc(NC(N)=NCc2ccco2)cc1. The fraction of sp³-hybridized carbons (Fsp3) is 0.154. The van der Waals surface area contributed by atoms with Gasteiger partial charge in [0.1, 0.15) is 12.3 Å². The highest BCUT2D eigenvalue weighted by atomic mass is 16.3. The summed E-state index contributed by atoms with van der Waals surface area (Å²) >= 11 is 0. The van der Waals surface area contributed by atoms with E-state index < -0.39 is 0 Å². The zero-order chi connectivity index (χ0) is 12.1. The van der Waals surface area contributed by atoms with Gasteiger partial charge in [0.2, 0.25) is 0 Å². The molecule has 0 aliphatic heterocycles. The maximum atomic E-state index is 5.76. The highest BCUT2D eigenvalue weighted by Gasteiger charge is 1.96. The van der Waals surface area contributed by atoms with Crippen molar-refractivity contribution in [2.75, 3.05) is 5.32 Å². The second kappa shape index (κ2) is 5.21. The monoisotopic (exact) mass is 229 g/mol. The molecule has 0 atom stereocenters. The summed E-state index contributed by atoms with van der Waals surface area (Å²) in [5.74, 6) is 1.17. The molecule has 0 amide bonds. The van der Waals surface area contributed by atoms with Gasteiger partial charge < -0.3 is 15.5 Å². The van der Waals surface area contributed by atoms with Crippen LogP contribution in [0.5, 0.6) is 0 Å². The van der Waals surface area contributed by atoms with E-state index in [1.165, 1.54) is 5.56 Å². The molecule has 88 valence electrons. The Morgan fingerprint density at radius 1 is 1.29 bits per heavy atom. The van der Waals surface area contributed by atoms with E-state index in [0.717, 1.165) is 11.4 Å². The van der Waals surface area contributed by atoms with Gasteiger partial charge >= 0.3 is 0 Å². The average molecular weight is 229 g/mol. The predicted octanol–water partition coefficient (Wildman–Crippen LogP) is 2.51. The summed E-state index contributed by atoms with van der Waals surface area (Å²) in [5, 5.41) is 3.02. The van der Waals surface area contributed by atoms with Gasteiger partial charge in [-0.05, 0) is 31.2 Å². The molecule has 4 heteroatoms. The van der Waals surface area contributed by atoms with Crippen LogP contribution in [0.3, 0.4) is 0 Å². The van der Waals surface area contributed by atoms with Crippen molar-refractivity contribution in [2.45, 2.75) is 13.5 Å². The topological polar surface area (TPSA) is 63.5 Å². The molecule has 3 N–H and O–H groups in total. The molecular weight excluding hydrogens is 214 g/mol. The average Bonchev–Trinajstić information content (AvgIpc) is 2.83. The first kappa shape index (κ1) is 11.3. The molecule has 1 aromatic heterocycles. The van der Waals surface area contributed by atoms with Crippen LogP contribution >= 0.6 is 0 Å². The Bertz CT molecular complexity index is 486. The number of furan rings is 1. The van der Waals surface area contributed by atoms with E-state index in [-0.39, 0.29) is 0 Å². The maximum Gasteiger partial charge on any atom is 0.193 e. The number of rotatable bonds is 3. The Morgan fingerprint density at radius 2 is 2.06 bits per heavy atom. The third-order valence-electron chi connectivity index (χ3n) is 2.31. The Morgan fingerprint density at radius 3 is 2.71 bits per heavy atom. The van der Waals surface area contributed by atoms with Gasteiger partial charge in [0.25, 0.3) is 0 Å². The molecule has 0 bridgehead atoms. The van der Waals surface area contributed by atoms with Gasteiger partial charge in [-0.25, -0.2) is 4.99 Å². The van der Waals surface area contributed by atoms with E-state index >= 15 is 0 Å². The first-order valence-corrected chi connectivity index (χ1v) is 5.40. The first-order valence-electron chi connectivity index (χ1n) is 5.40. The first-order chi connectivity index (χ1) is 8.24. The number of hydrogen-bond acceptors (Lipinski definition) is 2. The van der Waals surface area contributed by atoms with Crippen LogP contribution in [0.4, 0.5) is 5.69 Å². The molecule has 1 heterocycles. The van der Waals surface area contributed by atoms with Crippen LogP contribution < -0.4 is 11.1 Å². The highest BCUT2D eigenvalue weighted by molar-refractivity contribution is 5.92. The van der Waals surface area contributed by atoms with Gasteiger partial charge in [0.05, 0.1) is 6.26 Å². The Hall–Kier alpha value is -2.23. The summed E-state index contributed by atoms with van der Waals surface area (Å²) in [7, 11) is 0. The molecule has 0 unspecified atom stereocenters. The second-order valence-electron chi connectivity index (χ2n) is 3.77.